The first-order valence-electron chi connectivity index (χ1n) is 15.5. The van der Waals surface area contributed by atoms with Crippen molar-refractivity contribution in [1.82, 2.24) is 9.97 Å². The Bertz CT molecular complexity index is 2120. The zero-order chi connectivity index (χ0) is 30.4. The highest BCUT2D eigenvalue weighted by molar-refractivity contribution is 5.85. The SMILES string of the molecule is CC1(C)c2ccccc2-c2cc(-c3cccc(-c4cccc(-c5cc(-c6ccccc6)nc(-c6ccccc6)n5)c4)c3)ccc21. The second kappa shape index (κ2) is 10.8. The monoisotopic (exact) mass is 576 g/mol. The first-order chi connectivity index (χ1) is 22.0. The van der Waals surface area contributed by atoms with Crippen LogP contribution < -0.4 is 0 Å². The van der Waals surface area contributed by atoms with Gasteiger partial charge in [0.2, 0.25) is 0 Å². The van der Waals surface area contributed by atoms with E-state index in [0.717, 1.165) is 39.5 Å². The molecule has 0 fully saturated rings. The van der Waals surface area contributed by atoms with Crippen molar-refractivity contribution in [3.05, 3.63) is 169 Å². The molecule has 0 spiro atoms. The summed E-state index contributed by atoms with van der Waals surface area (Å²) in [5.41, 5.74) is 15.2. The fourth-order valence-electron chi connectivity index (χ4n) is 6.70. The van der Waals surface area contributed by atoms with E-state index in [2.05, 4.69) is 135 Å². The highest BCUT2D eigenvalue weighted by Gasteiger charge is 2.35. The molecule has 45 heavy (non-hydrogen) atoms. The summed E-state index contributed by atoms with van der Waals surface area (Å²) in [5.74, 6) is 0.723. The molecular weight excluding hydrogens is 544 g/mol. The summed E-state index contributed by atoms with van der Waals surface area (Å²) in [6, 6.07) is 56.0. The van der Waals surface area contributed by atoms with Crippen LogP contribution in [0.5, 0.6) is 0 Å². The van der Waals surface area contributed by atoms with Crippen molar-refractivity contribution in [2.75, 3.05) is 0 Å². The molecule has 2 heteroatoms. The topological polar surface area (TPSA) is 25.8 Å². The lowest BCUT2D eigenvalue weighted by Crippen LogP contribution is -2.14. The van der Waals surface area contributed by atoms with Crippen LogP contribution in [0.15, 0.2) is 158 Å². The number of nitrogens with zero attached hydrogens (tertiary/aromatic N) is 2. The lowest BCUT2D eigenvalue weighted by Gasteiger charge is -2.21. The Morgan fingerprint density at radius 1 is 0.356 bits per heavy atom. The zero-order valence-electron chi connectivity index (χ0n) is 25.4. The highest BCUT2D eigenvalue weighted by Crippen LogP contribution is 2.49. The smallest absolute Gasteiger partial charge is 0.160 e. The van der Waals surface area contributed by atoms with Gasteiger partial charge in [0.15, 0.2) is 5.82 Å². The van der Waals surface area contributed by atoms with Crippen LogP contribution in [0.3, 0.4) is 0 Å². The fourth-order valence-corrected chi connectivity index (χ4v) is 6.70. The van der Waals surface area contributed by atoms with Crippen LogP contribution in [0, 0.1) is 0 Å². The van der Waals surface area contributed by atoms with Gasteiger partial charge in [0.25, 0.3) is 0 Å². The van der Waals surface area contributed by atoms with Gasteiger partial charge in [-0.1, -0.05) is 147 Å². The summed E-state index contributed by atoms with van der Waals surface area (Å²) >= 11 is 0. The number of benzene rings is 6. The Morgan fingerprint density at radius 2 is 0.844 bits per heavy atom. The molecule has 0 saturated heterocycles. The van der Waals surface area contributed by atoms with Gasteiger partial charge in [-0.25, -0.2) is 9.97 Å². The molecular formula is C43H32N2. The Kier molecular flexibility index (Phi) is 6.50. The molecule has 0 radical (unpaired) electrons. The maximum atomic E-state index is 5.05. The van der Waals surface area contributed by atoms with E-state index in [9.17, 15) is 0 Å². The molecule has 0 amide bonds. The van der Waals surface area contributed by atoms with Crippen molar-refractivity contribution in [3.8, 4) is 67.3 Å². The predicted octanol–water partition coefficient (Wildman–Crippen LogP) is 11.1. The first kappa shape index (κ1) is 27.0. The van der Waals surface area contributed by atoms with Crippen LogP contribution in [0.4, 0.5) is 0 Å². The largest absolute Gasteiger partial charge is 0.228 e. The van der Waals surface area contributed by atoms with Gasteiger partial charge in [-0.05, 0) is 68.8 Å². The van der Waals surface area contributed by atoms with E-state index < -0.39 is 0 Å². The summed E-state index contributed by atoms with van der Waals surface area (Å²) in [5, 5.41) is 0. The Balaban J connectivity index is 1.19. The van der Waals surface area contributed by atoms with Gasteiger partial charge in [0, 0.05) is 22.1 Å². The number of aromatic nitrogens is 2. The van der Waals surface area contributed by atoms with Crippen LogP contribution >= 0.6 is 0 Å². The number of fused-ring (bicyclic) bond motifs is 3. The standard InChI is InChI=1S/C43H32N2/c1-43(2)38-22-10-9-21-36(38)37-27-34(23-24-39(37)43)32-18-11-17-31(25-32)33-19-12-20-35(26-33)41-28-40(29-13-5-3-6-14-29)44-42(45-41)30-15-7-4-8-16-30/h3-28H,1-2H3. The third kappa shape index (κ3) is 4.85. The predicted molar refractivity (Wildman–Crippen MR) is 187 cm³/mol. The van der Waals surface area contributed by atoms with Crippen molar-refractivity contribution in [1.29, 1.82) is 0 Å². The average Bonchev–Trinajstić information content (AvgIpc) is 3.34. The fraction of sp³-hybridized carbons (Fsp3) is 0.0698. The van der Waals surface area contributed by atoms with Crippen molar-refractivity contribution in [2.45, 2.75) is 19.3 Å². The molecule has 1 aliphatic carbocycles. The molecule has 1 heterocycles. The zero-order valence-corrected chi connectivity index (χ0v) is 25.4. The highest BCUT2D eigenvalue weighted by atomic mass is 14.9. The van der Waals surface area contributed by atoms with Gasteiger partial charge in [-0.3, -0.25) is 0 Å². The Hall–Kier alpha value is -5.60. The van der Waals surface area contributed by atoms with Crippen LogP contribution in [-0.4, -0.2) is 9.97 Å². The molecule has 0 bridgehead atoms. The van der Waals surface area contributed by atoms with Gasteiger partial charge in [-0.15, -0.1) is 0 Å². The van der Waals surface area contributed by atoms with Crippen LogP contribution in [-0.2, 0) is 5.41 Å². The lowest BCUT2D eigenvalue weighted by atomic mass is 9.82. The maximum absolute atomic E-state index is 5.05. The van der Waals surface area contributed by atoms with Crippen molar-refractivity contribution in [2.24, 2.45) is 0 Å². The molecule has 0 atom stereocenters. The lowest BCUT2D eigenvalue weighted by molar-refractivity contribution is 0.660. The summed E-state index contributed by atoms with van der Waals surface area (Å²) in [6.45, 7) is 4.66. The van der Waals surface area contributed by atoms with Crippen LogP contribution in [0.2, 0.25) is 0 Å². The maximum Gasteiger partial charge on any atom is 0.160 e. The molecule has 7 aromatic rings. The third-order valence-electron chi connectivity index (χ3n) is 9.10. The molecule has 0 saturated carbocycles. The number of rotatable bonds is 5. The van der Waals surface area contributed by atoms with E-state index in [1.807, 2.05) is 36.4 Å². The van der Waals surface area contributed by atoms with Crippen molar-refractivity contribution in [3.63, 3.8) is 0 Å². The molecule has 1 aliphatic rings. The van der Waals surface area contributed by atoms with Gasteiger partial charge in [-0.2, -0.15) is 0 Å². The van der Waals surface area contributed by atoms with Gasteiger partial charge < -0.3 is 0 Å². The molecule has 1 aromatic heterocycles. The van der Waals surface area contributed by atoms with Gasteiger partial charge >= 0.3 is 0 Å². The molecule has 6 aromatic carbocycles. The van der Waals surface area contributed by atoms with E-state index in [1.54, 1.807) is 0 Å². The number of hydrogen-bond donors (Lipinski definition) is 0. The van der Waals surface area contributed by atoms with Crippen LogP contribution in [0.25, 0.3) is 67.3 Å². The van der Waals surface area contributed by atoms with Crippen LogP contribution in [0.1, 0.15) is 25.0 Å². The van der Waals surface area contributed by atoms with E-state index in [-0.39, 0.29) is 5.41 Å². The molecule has 214 valence electrons. The number of hydrogen-bond acceptors (Lipinski definition) is 2. The van der Waals surface area contributed by atoms with E-state index in [0.29, 0.717) is 0 Å². The van der Waals surface area contributed by atoms with E-state index >= 15 is 0 Å². The average molecular weight is 577 g/mol. The summed E-state index contributed by atoms with van der Waals surface area (Å²) < 4.78 is 0. The summed E-state index contributed by atoms with van der Waals surface area (Å²) in [6.07, 6.45) is 0. The molecule has 0 unspecified atom stereocenters. The third-order valence-corrected chi connectivity index (χ3v) is 9.10. The first-order valence-corrected chi connectivity index (χ1v) is 15.5. The van der Waals surface area contributed by atoms with E-state index in [4.69, 9.17) is 9.97 Å². The Labute approximate surface area is 264 Å². The normalized spacial score (nSPS) is 12.8. The summed E-state index contributed by atoms with van der Waals surface area (Å²) in [7, 11) is 0. The summed E-state index contributed by atoms with van der Waals surface area (Å²) in [4.78, 5) is 10.0. The van der Waals surface area contributed by atoms with Gasteiger partial charge in [0.05, 0.1) is 11.4 Å². The van der Waals surface area contributed by atoms with Crippen molar-refractivity contribution >= 4 is 0 Å². The molecule has 8 rings (SSSR count). The van der Waals surface area contributed by atoms with E-state index in [1.165, 1.54) is 38.9 Å². The second-order valence-corrected chi connectivity index (χ2v) is 12.3. The minimum atomic E-state index is 0.00842. The Morgan fingerprint density at radius 3 is 1.53 bits per heavy atom. The molecule has 0 aliphatic heterocycles. The van der Waals surface area contributed by atoms with Gasteiger partial charge in [0.1, 0.15) is 0 Å². The molecule has 0 N–H and O–H groups in total. The quantitative estimate of drug-likeness (QED) is 0.204. The minimum absolute atomic E-state index is 0.00842. The second-order valence-electron chi connectivity index (χ2n) is 12.3. The van der Waals surface area contributed by atoms with Crippen molar-refractivity contribution < 1.29 is 0 Å². The minimum Gasteiger partial charge on any atom is -0.228 e. The molecule has 2 nitrogen and oxygen atoms in total.